The van der Waals surface area contributed by atoms with Gasteiger partial charge in [0.05, 0.1) is 6.61 Å². The number of aromatic amines is 1. The molecule has 0 aliphatic heterocycles. The summed E-state index contributed by atoms with van der Waals surface area (Å²) in [4.78, 5) is 34.6. The first-order valence-corrected chi connectivity index (χ1v) is 7.22. The van der Waals surface area contributed by atoms with E-state index in [-0.39, 0.29) is 24.5 Å². The van der Waals surface area contributed by atoms with E-state index in [1.807, 2.05) is 0 Å². The lowest BCUT2D eigenvalue weighted by Gasteiger charge is -2.35. The third kappa shape index (κ3) is 4.04. The monoisotopic (exact) mass is 295 g/mol. The number of carbonyl (C=O) groups is 1. The number of rotatable bonds is 5. The van der Waals surface area contributed by atoms with E-state index >= 15 is 0 Å². The number of aromatic nitrogens is 2. The molecule has 1 aromatic heterocycles. The first-order valence-electron chi connectivity index (χ1n) is 7.22. The lowest BCUT2D eigenvalue weighted by Crippen LogP contribution is -2.43. The number of nitrogens with one attached hydrogen (secondary N) is 2. The number of hydrogen-bond donors (Lipinski definition) is 3. The fourth-order valence-corrected chi connectivity index (χ4v) is 2.76. The number of aliphatic hydroxyl groups excluding tert-OH is 1. The van der Waals surface area contributed by atoms with Crippen molar-refractivity contribution in [1.29, 1.82) is 0 Å². The smallest absolute Gasteiger partial charge is 0.265 e. The molecule has 1 aliphatic rings. The lowest BCUT2D eigenvalue weighted by molar-refractivity contribution is -0.122. The van der Waals surface area contributed by atoms with Crippen LogP contribution in [0.1, 0.15) is 32.1 Å². The maximum Gasteiger partial charge on any atom is 0.265 e. The van der Waals surface area contributed by atoms with E-state index in [4.69, 9.17) is 0 Å². The lowest BCUT2D eigenvalue weighted by atomic mass is 9.74. The minimum Gasteiger partial charge on any atom is -0.396 e. The summed E-state index contributed by atoms with van der Waals surface area (Å²) in [5.74, 6) is -0.350. The third-order valence-electron chi connectivity index (χ3n) is 4.10. The normalized spacial score (nSPS) is 17.4. The van der Waals surface area contributed by atoms with Crippen molar-refractivity contribution in [2.45, 2.75) is 38.6 Å². The summed E-state index contributed by atoms with van der Waals surface area (Å²) in [7, 11) is 0. The fourth-order valence-electron chi connectivity index (χ4n) is 2.76. The molecule has 7 heteroatoms. The molecule has 21 heavy (non-hydrogen) atoms. The fraction of sp³-hybridized carbons (Fsp3) is 0.643. The van der Waals surface area contributed by atoms with Crippen molar-refractivity contribution in [3.8, 4) is 0 Å². The van der Waals surface area contributed by atoms with Crippen molar-refractivity contribution >= 4 is 5.91 Å². The van der Waals surface area contributed by atoms with E-state index < -0.39 is 11.1 Å². The Kier molecular flexibility index (Phi) is 4.95. The molecule has 1 fully saturated rings. The number of carbonyl (C=O) groups excluding carboxylic acids is 1. The molecule has 7 nitrogen and oxygen atoms in total. The van der Waals surface area contributed by atoms with Crippen molar-refractivity contribution in [2.24, 2.45) is 5.41 Å². The quantitative estimate of drug-likeness (QED) is 0.687. The Hall–Kier alpha value is -1.89. The first-order chi connectivity index (χ1) is 10.0. The molecule has 0 bridgehead atoms. The summed E-state index contributed by atoms with van der Waals surface area (Å²) in [5, 5.41) is 14.6. The molecule has 1 saturated carbocycles. The number of nitrogens with zero attached hydrogens (tertiary/aromatic N) is 1. The summed E-state index contributed by atoms with van der Waals surface area (Å²) < 4.78 is 0.976. The summed E-state index contributed by atoms with van der Waals surface area (Å²) in [6, 6.07) is 2.25. The Labute approximate surface area is 122 Å². The topological polar surface area (TPSA) is 104 Å². The van der Waals surface area contributed by atoms with Crippen LogP contribution in [0.15, 0.2) is 21.7 Å². The van der Waals surface area contributed by atoms with Crippen LogP contribution < -0.4 is 16.4 Å². The molecule has 0 spiro atoms. The largest absolute Gasteiger partial charge is 0.396 e. The number of H-pyrrole nitrogens is 1. The van der Waals surface area contributed by atoms with Crippen LogP contribution in [0.4, 0.5) is 0 Å². The Bertz CT molecular complexity index is 599. The predicted molar refractivity (Wildman–Crippen MR) is 76.9 cm³/mol. The molecule has 1 amide bonds. The molecule has 1 heterocycles. The molecule has 0 atom stereocenters. The van der Waals surface area contributed by atoms with Gasteiger partial charge in [-0.2, -0.15) is 0 Å². The second-order valence-corrected chi connectivity index (χ2v) is 5.73. The Morgan fingerprint density at radius 3 is 2.67 bits per heavy atom. The summed E-state index contributed by atoms with van der Waals surface area (Å²) >= 11 is 0. The van der Waals surface area contributed by atoms with Crippen molar-refractivity contribution in [2.75, 3.05) is 13.2 Å². The van der Waals surface area contributed by atoms with Gasteiger partial charge in [-0.25, -0.2) is 4.68 Å². The zero-order valence-electron chi connectivity index (χ0n) is 11.9. The van der Waals surface area contributed by atoms with Gasteiger partial charge in [0, 0.05) is 24.1 Å². The van der Waals surface area contributed by atoms with Gasteiger partial charge in [-0.1, -0.05) is 19.3 Å². The minimum atomic E-state index is -0.431. The average Bonchev–Trinajstić information content (AvgIpc) is 2.50. The Morgan fingerprint density at radius 1 is 1.29 bits per heavy atom. The van der Waals surface area contributed by atoms with Crippen LogP contribution in [-0.4, -0.2) is 33.9 Å². The molecule has 116 valence electrons. The summed E-state index contributed by atoms with van der Waals surface area (Å²) in [6.07, 6.45) is 5.07. The van der Waals surface area contributed by atoms with Gasteiger partial charge in [-0.3, -0.25) is 19.5 Å². The Balaban J connectivity index is 1.94. The molecule has 1 aliphatic carbocycles. The molecule has 1 aromatic rings. The summed E-state index contributed by atoms with van der Waals surface area (Å²) in [5.41, 5.74) is -1.11. The zero-order valence-corrected chi connectivity index (χ0v) is 11.9. The highest BCUT2D eigenvalue weighted by Crippen LogP contribution is 2.35. The highest BCUT2D eigenvalue weighted by molar-refractivity contribution is 5.75. The molecule has 0 aromatic carbocycles. The van der Waals surface area contributed by atoms with Gasteiger partial charge in [0.15, 0.2) is 0 Å². The average molecular weight is 295 g/mol. The van der Waals surface area contributed by atoms with Gasteiger partial charge in [0.2, 0.25) is 5.91 Å². The van der Waals surface area contributed by atoms with Gasteiger partial charge in [0.1, 0.15) is 6.54 Å². The maximum absolute atomic E-state index is 11.9. The highest BCUT2D eigenvalue weighted by Gasteiger charge is 2.31. The van der Waals surface area contributed by atoms with Crippen LogP contribution in [0.5, 0.6) is 0 Å². The van der Waals surface area contributed by atoms with E-state index in [2.05, 4.69) is 10.4 Å². The number of amides is 1. The molecule has 2 rings (SSSR count). The van der Waals surface area contributed by atoms with Gasteiger partial charge in [0.25, 0.3) is 11.1 Å². The van der Waals surface area contributed by atoms with Gasteiger partial charge in [-0.05, 0) is 12.8 Å². The molecular formula is C14H21N3O4. The van der Waals surface area contributed by atoms with Gasteiger partial charge >= 0.3 is 0 Å². The Morgan fingerprint density at radius 2 is 2.00 bits per heavy atom. The van der Waals surface area contributed by atoms with E-state index in [1.54, 1.807) is 0 Å². The van der Waals surface area contributed by atoms with E-state index in [0.29, 0.717) is 6.54 Å². The van der Waals surface area contributed by atoms with Gasteiger partial charge in [-0.15, -0.1) is 0 Å². The SMILES string of the molecule is O=C(Cn1[nH]c(=O)ccc1=O)NCC1(CO)CCCCC1. The standard InChI is InChI=1S/C14H21N3O4/c18-10-14(6-2-1-3-7-14)9-15-12(20)8-17-13(21)5-4-11(19)16-17/h4-5,18H,1-3,6-10H2,(H,15,20)(H,16,19). The van der Waals surface area contributed by atoms with Crippen molar-refractivity contribution in [1.82, 2.24) is 15.1 Å². The van der Waals surface area contributed by atoms with Crippen LogP contribution in [0.2, 0.25) is 0 Å². The molecule has 0 saturated heterocycles. The maximum atomic E-state index is 11.9. The predicted octanol–water partition coefficient (Wildman–Crippen LogP) is -0.404. The molecular weight excluding hydrogens is 274 g/mol. The number of hydrogen-bond acceptors (Lipinski definition) is 4. The van der Waals surface area contributed by atoms with Crippen LogP contribution in [0.25, 0.3) is 0 Å². The van der Waals surface area contributed by atoms with Crippen LogP contribution in [0, 0.1) is 5.41 Å². The van der Waals surface area contributed by atoms with Crippen molar-refractivity contribution in [3.63, 3.8) is 0 Å². The van der Waals surface area contributed by atoms with E-state index in [9.17, 15) is 19.5 Å². The molecule has 0 radical (unpaired) electrons. The van der Waals surface area contributed by atoms with E-state index in [0.717, 1.165) is 48.9 Å². The van der Waals surface area contributed by atoms with Gasteiger partial charge < -0.3 is 10.4 Å². The van der Waals surface area contributed by atoms with Crippen molar-refractivity contribution < 1.29 is 9.90 Å². The number of aliphatic hydroxyl groups is 1. The van der Waals surface area contributed by atoms with Crippen molar-refractivity contribution in [3.05, 3.63) is 32.8 Å². The summed E-state index contributed by atoms with van der Waals surface area (Å²) in [6.45, 7) is 0.222. The van der Waals surface area contributed by atoms with Crippen LogP contribution >= 0.6 is 0 Å². The van der Waals surface area contributed by atoms with Crippen LogP contribution in [0.3, 0.4) is 0 Å². The highest BCUT2D eigenvalue weighted by atomic mass is 16.3. The second kappa shape index (κ2) is 6.71. The second-order valence-electron chi connectivity index (χ2n) is 5.73. The molecule has 0 unspecified atom stereocenters. The minimum absolute atomic E-state index is 0.0510. The zero-order chi connectivity index (χ0) is 15.3. The molecule has 3 N–H and O–H groups in total. The first kappa shape index (κ1) is 15.5. The van der Waals surface area contributed by atoms with Crippen LogP contribution in [-0.2, 0) is 11.3 Å². The third-order valence-corrected chi connectivity index (χ3v) is 4.10. The van der Waals surface area contributed by atoms with E-state index in [1.165, 1.54) is 0 Å².